The van der Waals surface area contributed by atoms with E-state index in [2.05, 4.69) is 42.6 Å². The molecule has 15 heavy (non-hydrogen) atoms. The highest BCUT2D eigenvalue weighted by Gasteiger charge is 2.20. The minimum atomic E-state index is 0.417. The lowest BCUT2D eigenvalue weighted by Gasteiger charge is -2.21. The lowest BCUT2D eigenvalue weighted by molar-refractivity contribution is 0.416. The smallest absolute Gasteiger partial charge is 0.0801 e. The number of aromatic nitrogens is 2. The monoisotopic (exact) mass is 227 g/mol. The normalized spacial score (nSPS) is 13.4. The minimum absolute atomic E-state index is 0.417. The fourth-order valence-corrected chi connectivity index (χ4v) is 2.61. The van der Waals surface area contributed by atoms with Crippen molar-refractivity contribution in [1.29, 1.82) is 0 Å². The van der Waals surface area contributed by atoms with Crippen LogP contribution in [0, 0.1) is 5.92 Å². The number of hydrogen-bond acceptors (Lipinski definition) is 4. The highest BCUT2D eigenvalue weighted by molar-refractivity contribution is 7.05. The number of hydrogen-bond donors (Lipinski definition) is 1. The summed E-state index contributed by atoms with van der Waals surface area (Å²) < 4.78 is 4.06. The maximum Gasteiger partial charge on any atom is 0.0801 e. The Balaban J connectivity index is 2.78. The summed E-state index contributed by atoms with van der Waals surface area (Å²) in [5.41, 5.74) is 1.15. The van der Waals surface area contributed by atoms with Gasteiger partial charge in [-0.2, -0.15) is 0 Å². The average molecular weight is 227 g/mol. The summed E-state index contributed by atoms with van der Waals surface area (Å²) in [6.45, 7) is 9.87. The zero-order valence-corrected chi connectivity index (χ0v) is 10.9. The summed E-state index contributed by atoms with van der Waals surface area (Å²) in [6, 6.07) is 0.417. The molecule has 0 aliphatic heterocycles. The number of aryl methyl sites for hydroxylation is 1. The van der Waals surface area contributed by atoms with Gasteiger partial charge in [0.25, 0.3) is 0 Å². The topological polar surface area (TPSA) is 37.8 Å². The second-order valence-corrected chi connectivity index (χ2v) is 4.90. The Labute approximate surface area is 96.5 Å². The summed E-state index contributed by atoms with van der Waals surface area (Å²) >= 11 is 1.54. The van der Waals surface area contributed by atoms with Crippen molar-refractivity contribution in [2.24, 2.45) is 5.92 Å². The lowest BCUT2D eigenvalue weighted by atomic mass is 10.0. The average Bonchev–Trinajstić information content (AvgIpc) is 2.66. The third kappa shape index (κ3) is 3.24. The molecule has 1 unspecified atom stereocenters. The maximum atomic E-state index is 4.17. The Morgan fingerprint density at radius 2 is 2.07 bits per heavy atom. The van der Waals surface area contributed by atoms with Gasteiger partial charge in [0.05, 0.1) is 10.6 Å². The zero-order valence-electron chi connectivity index (χ0n) is 10.1. The highest BCUT2D eigenvalue weighted by atomic mass is 32.1. The van der Waals surface area contributed by atoms with Crippen LogP contribution < -0.4 is 5.32 Å². The van der Waals surface area contributed by atoms with Gasteiger partial charge in [0.1, 0.15) is 0 Å². The molecule has 0 aromatic carbocycles. The third-order valence-corrected chi connectivity index (χ3v) is 3.33. The molecular weight excluding hydrogens is 206 g/mol. The van der Waals surface area contributed by atoms with Crippen LogP contribution in [0.2, 0.25) is 0 Å². The van der Waals surface area contributed by atoms with Crippen molar-refractivity contribution in [1.82, 2.24) is 14.9 Å². The van der Waals surface area contributed by atoms with E-state index in [9.17, 15) is 0 Å². The van der Waals surface area contributed by atoms with Crippen molar-refractivity contribution in [2.45, 2.75) is 46.6 Å². The standard InChI is InChI=1S/C11H21N3S/c1-5-7-12-10(8(3)4)11-9(6-2)13-14-15-11/h8,10,12H,5-7H2,1-4H3. The van der Waals surface area contributed by atoms with E-state index >= 15 is 0 Å². The second kappa shape index (κ2) is 6.18. The van der Waals surface area contributed by atoms with E-state index in [0.29, 0.717) is 12.0 Å². The van der Waals surface area contributed by atoms with Gasteiger partial charge < -0.3 is 5.32 Å². The van der Waals surface area contributed by atoms with Crippen LogP contribution in [-0.2, 0) is 6.42 Å². The molecule has 3 nitrogen and oxygen atoms in total. The molecule has 4 heteroatoms. The van der Waals surface area contributed by atoms with Gasteiger partial charge in [-0.3, -0.25) is 0 Å². The molecule has 1 aromatic rings. The molecule has 1 aromatic heterocycles. The van der Waals surface area contributed by atoms with E-state index in [0.717, 1.165) is 25.1 Å². The quantitative estimate of drug-likeness (QED) is 0.812. The van der Waals surface area contributed by atoms with Gasteiger partial charge in [0.15, 0.2) is 0 Å². The molecule has 0 aliphatic rings. The predicted octanol–water partition coefficient (Wildman–Crippen LogP) is 2.80. The van der Waals surface area contributed by atoms with Crippen LogP contribution in [0.25, 0.3) is 0 Å². The van der Waals surface area contributed by atoms with Gasteiger partial charge in [-0.15, -0.1) is 5.10 Å². The van der Waals surface area contributed by atoms with Crippen LogP contribution in [0.1, 0.15) is 50.7 Å². The highest BCUT2D eigenvalue weighted by Crippen LogP contribution is 2.27. The molecule has 0 amide bonds. The number of nitrogens with zero attached hydrogens (tertiary/aromatic N) is 2. The molecule has 0 bridgehead atoms. The first kappa shape index (κ1) is 12.6. The molecule has 0 fully saturated rings. The molecule has 86 valence electrons. The molecule has 1 N–H and O–H groups in total. The van der Waals surface area contributed by atoms with Crippen LogP contribution in [0.3, 0.4) is 0 Å². The first-order valence-electron chi connectivity index (χ1n) is 5.75. The number of rotatable bonds is 6. The van der Waals surface area contributed by atoms with Crippen molar-refractivity contribution in [2.75, 3.05) is 6.54 Å². The molecule has 1 atom stereocenters. The van der Waals surface area contributed by atoms with E-state index < -0.39 is 0 Å². The predicted molar refractivity (Wildman–Crippen MR) is 65.2 cm³/mol. The van der Waals surface area contributed by atoms with Crippen molar-refractivity contribution in [3.05, 3.63) is 10.6 Å². The van der Waals surface area contributed by atoms with Gasteiger partial charge in [-0.05, 0) is 36.8 Å². The summed E-state index contributed by atoms with van der Waals surface area (Å²) in [6.07, 6.45) is 2.14. The summed E-state index contributed by atoms with van der Waals surface area (Å²) in [5.74, 6) is 0.587. The first-order valence-corrected chi connectivity index (χ1v) is 6.52. The van der Waals surface area contributed by atoms with Gasteiger partial charge >= 0.3 is 0 Å². The van der Waals surface area contributed by atoms with Crippen LogP contribution in [0.15, 0.2) is 0 Å². The SMILES string of the molecule is CCCNC(c1snnc1CC)C(C)C. The molecule has 0 aliphatic carbocycles. The Bertz CT molecular complexity index is 283. The van der Waals surface area contributed by atoms with Crippen LogP contribution >= 0.6 is 11.5 Å². The Kier molecular flexibility index (Phi) is 5.19. The Morgan fingerprint density at radius 1 is 1.33 bits per heavy atom. The summed E-state index contributed by atoms with van der Waals surface area (Å²) in [4.78, 5) is 1.32. The largest absolute Gasteiger partial charge is 0.309 e. The Morgan fingerprint density at radius 3 is 2.60 bits per heavy atom. The second-order valence-electron chi connectivity index (χ2n) is 4.11. The zero-order chi connectivity index (χ0) is 11.3. The minimum Gasteiger partial charge on any atom is -0.309 e. The Hall–Kier alpha value is -0.480. The van der Waals surface area contributed by atoms with Gasteiger partial charge in [0.2, 0.25) is 0 Å². The van der Waals surface area contributed by atoms with Crippen molar-refractivity contribution < 1.29 is 0 Å². The number of nitrogens with one attached hydrogen (secondary N) is 1. The van der Waals surface area contributed by atoms with E-state index in [-0.39, 0.29) is 0 Å². The molecule has 0 saturated heterocycles. The third-order valence-electron chi connectivity index (χ3n) is 2.48. The van der Waals surface area contributed by atoms with Crippen LogP contribution in [-0.4, -0.2) is 16.1 Å². The molecular formula is C11H21N3S. The van der Waals surface area contributed by atoms with Crippen LogP contribution in [0.4, 0.5) is 0 Å². The molecule has 0 radical (unpaired) electrons. The van der Waals surface area contributed by atoms with E-state index in [1.165, 1.54) is 16.4 Å². The van der Waals surface area contributed by atoms with Crippen molar-refractivity contribution in [3.63, 3.8) is 0 Å². The van der Waals surface area contributed by atoms with E-state index in [1.807, 2.05) is 0 Å². The molecule has 1 heterocycles. The van der Waals surface area contributed by atoms with Crippen molar-refractivity contribution in [3.8, 4) is 0 Å². The van der Waals surface area contributed by atoms with E-state index in [4.69, 9.17) is 0 Å². The van der Waals surface area contributed by atoms with Gasteiger partial charge in [-0.1, -0.05) is 32.2 Å². The summed E-state index contributed by atoms with van der Waals surface area (Å²) in [7, 11) is 0. The van der Waals surface area contributed by atoms with Gasteiger partial charge in [0, 0.05) is 6.04 Å². The fraction of sp³-hybridized carbons (Fsp3) is 0.818. The lowest BCUT2D eigenvalue weighted by Crippen LogP contribution is -2.26. The van der Waals surface area contributed by atoms with Gasteiger partial charge in [-0.25, -0.2) is 0 Å². The molecule has 0 spiro atoms. The fourth-order valence-electron chi connectivity index (χ4n) is 1.63. The first-order chi connectivity index (χ1) is 7.20. The maximum absolute atomic E-state index is 4.17. The summed E-state index contributed by atoms with van der Waals surface area (Å²) in [5, 5.41) is 7.75. The van der Waals surface area contributed by atoms with Crippen molar-refractivity contribution >= 4 is 11.5 Å². The van der Waals surface area contributed by atoms with E-state index in [1.54, 1.807) is 0 Å². The molecule has 1 rings (SSSR count). The molecule has 0 saturated carbocycles. The van der Waals surface area contributed by atoms with Crippen LogP contribution in [0.5, 0.6) is 0 Å².